The zero-order valence-corrected chi connectivity index (χ0v) is 14.7. The van der Waals surface area contributed by atoms with Gasteiger partial charge < -0.3 is 4.90 Å². The molecule has 1 aliphatic heterocycles. The Morgan fingerprint density at radius 2 is 1.32 bits per heavy atom. The highest BCUT2D eigenvalue weighted by Crippen LogP contribution is 2.13. The molecule has 1 aromatic rings. The van der Waals surface area contributed by atoms with Crippen molar-refractivity contribution >= 4 is 0 Å². The van der Waals surface area contributed by atoms with Crippen molar-refractivity contribution in [3.63, 3.8) is 0 Å². The molecule has 124 valence electrons. The summed E-state index contributed by atoms with van der Waals surface area (Å²) in [5.41, 5.74) is 3.04. The lowest BCUT2D eigenvalue weighted by Gasteiger charge is -2.26. The summed E-state index contributed by atoms with van der Waals surface area (Å²) in [6.45, 7) is 6.16. The van der Waals surface area contributed by atoms with Crippen LogP contribution in [0.4, 0.5) is 0 Å². The van der Waals surface area contributed by atoms with Gasteiger partial charge in [0.05, 0.1) is 0 Å². The molecule has 22 heavy (non-hydrogen) atoms. The maximum atomic E-state index is 2.63. The Labute approximate surface area is 138 Å². The highest BCUT2D eigenvalue weighted by Gasteiger charge is 2.09. The molecule has 2 rings (SSSR count). The van der Waals surface area contributed by atoms with E-state index in [1.54, 1.807) is 0 Å². The van der Waals surface area contributed by atoms with Crippen LogP contribution in [0.15, 0.2) is 24.3 Å². The van der Waals surface area contributed by atoms with E-state index in [4.69, 9.17) is 0 Å². The van der Waals surface area contributed by atoms with Gasteiger partial charge in [-0.25, -0.2) is 0 Å². The van der Waals surface area contributed by atoms with E-state index in [1.807, 2.05) is 0 Å². The molecule has 0 amide bonds. The molecule has 0 aromatic heterocycles. The Bertz CT molecular complexity index is 375. The van der Waals surface area contributed by atoms with Gasteiger partial charge in [-0.05, 0) is 56.3 Å². The maximum absolute atomic E-state index is 2.63. The number of likely N-dealkylation sites (tertiary alicyclic amines) is 1. The normalized spacial score (nSPS) is 16.0. The number of rotatable bonds is 10. The monoisotopic (exact) mass is 301 g/mol. The van der Waals surface area contributed by atoms with Gasteiger partial charge in [0.1, 0.15) is 0 Å². The van der Waals surface area contributed by atoms with E-state index in [0.717, 1.165) is 0 Å². The van der Waals surface area contributed by atoms with Crippen LogP contribution in [0.5, 0.6) is 0 Å². The first kappa shape index (κ1) is 17.5. The van der Waals surface area contributed by atoms with Gasteiger partial charge in [0.25, 0.3) is 0 Å². The van der Waals surface area contributed by atoms with Gasteiger partial charge in [0.15, 0.2) is 0 Å². The molecule has 0 saturated carbocycles. The molecular weight excluding hydrogens is 266 g/mol. The van der Waals surface area contributed by atoms with Gasteiger partial charge in [0.2, 0.25) is 0 Å². The lowest BCUT2D eigenvalue weighted by molar-refractivity contribution is 0.231. The number of nitrogens with zero attached hydrogens (tertiary/aromatic N) is 1. The lowest BCUT2D eigenvalue weighted by Crippen LogP contribution is -2.31. The maximum Gasteiger partial charge on any atom is 0.00218 e. The SMILES string of the molecule is CCCCCCCCc1ccc(CCN2CCCCC2)cc1. The van der Waals surface area contributed by atoms with Crippen LogP contribution in [-0.4, -0.2) is 24.5 Å². The number of hydrogen-bond donors (Lipinski definition) is 0. The van der Waals surface area contributed by atoms with Crippen molar-refractivity contribution in [3.05, 3.63) is 35.4 Å². The summed E-state index contributed by atoms with van der Waals surface area (Å²) in [7, 11) is 0. The first-order chi connectivity index (χ1) is 10.9. The highest BCUT2D eigenvalue weighted by atomic mass is 15.1. The molecule has 0 N–H and O–H groups in total. The van der Waals surface area contributed by atoms with Gasteiger partial charge in [-0.1, -0.05) is 69.7 Å². The molecule has 0 atom stereocenters. The molecule has 0 bridgehead atoms. The minimum Gasteiger partial charge on any atom is -0.303 e. The van der Waals surface area contributed by atoms with Crippen LogP contribution in [0.25, 0.3) is 0 Å². The average Bonchev–Trinajstić information content (AvgIpc) is 2.58. The molecule has 0 aliphatic carbocycles. The third-order valence-electron chi connectivity index (χ3n) is 5.01. The second-order valence-corrected chi connectivity index (χ2v) is 6.99. The third-order valence-corrected chi connectivity index (χ3v) is 5.01. The second-order valence-electron chi connectivity index (χ2n) is 6.99. The molecule has 1 heteroatoms. The Hall–Kier alpha value is -0.820. The van der Waals surface area contributed by atoms with Gasteiger partial charge in [0, 0.05) is 6.54 Å². The van der Waals surface area contributed by atoms with Crippen LogP contribution in [0.1, 0.15) is 75.8 Å². The van der Waals surface area contributed by atoms with Crippen LogP contribution in [0.3, 0.4) is 0 Å². The fourth-order valence-electron chi connectivity index (χ4n) is 3.45. The van der Waals surface area contributed by atoms with Crippen molar-refractivity contribution in [2.45, 2.75) is 77.6 Å². The van der Waals surface area contributed by atoms with E-state index in [-0.39, 0.29) is 0 Å². The summed E-state index contributed by atoms with van der Waals surface area (Å²) in [4.78, 5) is 2.63. The van der Waals surface area contributed by atoms with Gasteiger partial charge in [-0.3, -0.25) is 0 Å². The lowest BCUT2D eigenvalue weighted by atomic mass is 10.0. The number of hydrogen-bond acceptors (Lipinski definition) is 1. The molecule has 1 fully saturated rings. The fourth-order valence-corrected chi connectivity index (χ4v) is 3.45. The van der Waals surface area contributed by atoms with Crippen LogP contribution in [0.2, 0.25) is 0 Å². The van der Waals surface area contributed by atoms with Gasteiger partial charge in [-0.15, -0.1) is 0 Å². The summed E-state index contributed by atoms with van der Waals surface area (Å²) in [5.74, 6) is 0. The molecule has 1 heterocycles. The molecule has 0 spiro atoms. The Balaban J connectivity index is 1.60. The third kappa shape index (κ3) is 6.96. The average molecular weight is 302 g/mol. The Morgan fingerprint density at radius 1 is 0.727 bits per heavy atom. The van der Waals surface area contributed by atoms with Gasteiger partial charge in [-0.2, -0.15) is 0 Å². The van der Waals surface area contributed by atoms with Crippen molar-refractivity contribution in [3.8, 4) is 0 Å². The number of aryl methyl sites for hydroxylation is 1. The van der Waals surface area contributed by atoms with Crippen LogP contribution < -0.4 is 0 Å². The molecule has 0 unspecified atom stereocenters. The first-order valence-electron chi connectivity index (χ1n) is 9.68. The van der Waals surface area contributed by atoms with Gasteiger partial charge >= 0.3 is 0 Å². The summed E-state index contributed by atoms with van der Waals surface area (Å²) in [6.07, 6.45) is 15.1. The van der Waals surface area contributed by atoms with Crippen LogP contribution in [0, 0.1) is 0 Å². The van der Waals surface area contributed by atoms with Crippen molar-refractivity contribution < 1.29 is 0 Å². The van der Waals surface area contributed by atoms with Crippen LogP contribution >= 0.6 is 0 Å². The Morgan fingerprint density at radius 3 is 2.00 bits per heavy atom. The zero-order chi connectivity index (χ0) is 15.5. The number of piperidine rings is 1. The van der Waals surface area contributed by atoms with E-state index >= 15 is 0 Å². The molecule has 0 radical (unpaired) electrons. The summed E-state index contributed by atoms with van der Waals surface area (Å²) in [6, 6.07) is 9.43. The van der Waals surface area contributed by atoms with Crippen molar-refractivity contribution in [2.24, 2.45) is 0 Å². The van der Waals surface area contributed by atoms with E-state index in [0.29, 0.717) is 0 Å². The molecular formula is C21H35N. The molecule has 1 saturated heterocycles. The highest BCUT2D eigenvalue weighted by molar-refractivity contribution is 5.22. The minimum atomic E-state index is 1.22. The van der Waals surface area contributed by atoms with Crippen molar-refractivity contribution in [2.75, 3.05) is 19.6 Å². The largest absolute Gasteiger partial charge is 0.303 e. The molecule has 1 nitrogen and oxygen atoms in total. The molecule has 1 aliphatic rings. The van der Waals surface area contributed by atoms with E-state index in [2.05, 4.69) is 36.1 Å². The second kappa shape index (κ2) is 10.8. The first-order valence-corrected chi connectivity index (χ1v) is 9.68. The van der Waals surface area contributed by atoms with Crippen molar-refractivity contribution in [1.29, 1.82) is 0 Å². The van der Waals surface area contributed by atoms with E-state index < -0.39 is 0 Å². The Kier molecular flexibility index (Phi) is 8.63. The smallest absolute Gasteiger partial charge is 0.00218 e. The summed E-state index contributed by atoms with van der Waals surface area (Å²) < 4.78 is 0. The van der Waals surface area contributed by atoms with E-state index in [9.17, 15) is 0 Å². The quantitative estimate of drug-likeness (QED) is 0.507. The fraction of sp³-hybridized carbons (Fsp3) is 0.714. The van der Waals surface area contributed by atoms with Crippen LogP contribution in [-0.2, 0) is 12.8 Å². The zero-order valence-electron chi connectivity index (χ0n) is 14.7. The number of benzene rings is 1. The standard InChI is InChI=1S/C21H35N/c1-2-3-4-5-6-8-11-20-12-14-21(15-13-20)16-19-22-17-9-7-10-18-22/h12-15H,2-11,16-19H2,1H3. The predicted molar refractivity (Wildman–Crippen MR) is 97.5 cm³/mol. The minimum absolute atomic E-state index is 1.22. The topological polar surface area (TPSA) is 3.24 Å². The molecule has 1 aromatic carbocycles. The predicted octanol–water partition coefficient (Wildman–Crippen LogP) is 5.62. The van der Waals surface area contributed by atoms with E-state index in [1.165, 1.54) is 101 Å². The summed E-state index contributed by atoms with van der Waals surface area (Å²) >= 11 is 0. The number of unbranched alkanes of at least 4 members (excludes halogenated alkanes) is 5. The van der Waals surface area contributed by atoms with Crippen molar-refractivity contribution in [1.82, 2.24) is 4.90 Å². The summed E-state index contributed by atoms with van der Waals surface area (Å²) in [5, 5.41) is 0.